The summed E-state index contributed by atoms with van der Waals surface area (Å²) in [5.74, 6) is -0.721. The standard InChI is InChI=1S/C25H28FN5O3/c1-15-5-4-6-17(11-15)27-28-25(33)19-13-31-16(2)14-34-24-21(31)18(23(19)32)12-20(26)22(24)30-9-7-29(3)8-10-30/h4-6,11-13,16,27H,7-10,14H2,1-3H3,(H,28,33)/t16-/m0/s1. The minimum absolute atomic E-state index is 0.0564. The molecule has 1 saturated heterocycles. The fraction of sp³-hybridized carbons (Fsp3) is 0.360. The van der Waals surface area contributed by atoms with Gasteiger partial charge >= 0.3 is 0 Å². The highest BCUT2D eigenvalue weighted by atomic mass is 19.1. The van der Waals surface area contributed by atoms with Crippen LogP contribution in [-0.2, 0) is 0 Å². The zero-order valence-electron chi connectivity index (χ0n) is 19.5. The molecule has 0 bridgehead atoms. The summed E-state index contributed by atoms with van der Waals surface area (Å²) in [5, 5.41) is 0.139. The van der Waals surface area contributed by atoms with Crippen molar-refractivity contribution in [3.63, 3.8) is 0 Å². The van der Waals surface area contributed by atoms with Gasteiger partial charge in [0, 0.05) is 32.4 Å². The topological polar surface area (TPSA) is 78.8 Å². The number of rotatable bonds is 4. The average Bonchev–Trinajstić information content (AvgIpc) is 2.82. The van der Waals surface area contributed by atoms with Crippen LogP contribution in [-0.4, -0.2) is 55.2 Å². The fourth-order valence-corrected chi connectivity index (χ4v) is 4.62. The molecule has 2 N–H and O–H groups in total. The molecule has 9 heteroatoms. The van der Waals surface area contributed by atoms with Crippen molar-refractivity contribution in [3.8, 4) is 5.75 Å². The van der Waals surface area contributed by atoms with Crippen LogP contribution in [0.3, 0.4) is 0 Å². The van der Waals surface area contributed by atoms with Crippen LogP contribution in [0.1, 0.15) is 28.9 Å². The first-order valence-corrected chi connectivity index (χ1v) is 11.4. The van der Waals surface area contributed by atoms with E-state index in [9.17, 15) is 9.59 Å². The number of hydrogen-bond acceptors (Lipinski definition) is 6. The molecule has 0 saturated carbocycles. The van der Waals surface area contributed by atoms with E-state index in [1.807, 2.05) is 54.6 Å². The van der Waals surface area contributed by atoms with E-state index in [1.54, 1.807) is 6.20 Å². The van der Waals surface area contributed by atoms with E-state index < -0.39 is 17.2 Å². The van der Waals surface area contributed by atoms with Crippen molar-refractivity contribution in [2.45, 2.75) is 19.9 Å². The van der Waals surface area contributed by atoms with Crippen LogP contribution in [0.2, 0.25) is 0 Å². The van der Waals surface area contributed by atoms with Crippen molar-refractivity contribution < 1.29 is 13.9 Å². The van der Waals surface area contributed by atoms with Gasteiger partial charge < -0.3 is 19.1 Å². The van der Waals surface area contributed by atoms with Gasteiger partial charge in [0.2, 0.25) is 5.43 Å². The SMILES string of the molecule is Cc1cccc(NNC(=O)c2cn3c4c(c(N5CCN(C)CC5)c(F)cc4c2=O)OC[C@@H]3C)c1. The molecule has 2 aliphatic heterocycles. The predicted octanol–water partition coefficient (Wildman–Crippen LogP) is 2.91. The molecule has 3 heterocycles. The summed E-state index contributed by atoms with van der Waals surface area (Å²) in [6.45, 7) is 7.16. The van der Waals surface area contributed by atoms with Crippen LogP contribution < -0.4 is 25.9 Å². The molecule has 178 valence electrons. The second-order valence-corrected chi connectivity index (χ2v) is 9.11. The predicted molar refractivity (Wildman–Crippen MR) is 130 cm³/mol. The third-order valence-corrected chi connectivity index (χ3v) is 6.54. The van der Waals surface area contributed by atoms with Crippen molar-refractivity contribution in [2.24, 2.45) is 0 Å². The van der Waals surface area contributed by atoms with Gasteiger partial charge in [0.1, 0.15) is 17.9 Å². The van der Waals surface area contributed by atoms with Gasteiger partial charge in [0.15, 0.2) is 11.6 Å². The molecular formula is C25H28FN5O3. The summed E-state index contributed by atoms with van der Waals surface area (Å²) < 4.78 is 23.3. The number of nitrogens with one attached hydrogen (secondary N) is 2. The van der Waals surface area contributed by atoms with Gasteiger partial charge in [-0.1, -0.05) is 12.1 Å². The minimum atomic E-state index is -0.582. The molecule has 0 unspecified atom stereocenters. The van der Waals surface area contributed by atoms with E-state index in [1.165, 1.54) is 6.07 Å². The summed E-state index contributed by atoms with van der Waals surface area (Å²) in [6.07, 6.45) is 1.56. The number of amides is 1. The molecule has 1 aromatic heterocycles. The number of hydrazine groups is 1. The Balaban J connectivity index is 1.56. The first-order chi connectivity index (χ1) is 16.3. The third-order valence-electron chi connectivity index (χ3n) is 6.54. The highest BCUT2D eigenvalue weighted by molar-refractivity contribution is 6.00. The van der Waals surface area contributed by atoms with E-state index >= 15 is 4.39 Å². The van der Waals surface area contributed by atoms with Gasteiger partial charge in [0.25, 0.3) is 5.91 Å². The molecule has 3 aromatic rings. The Morgan fingerprint density at radius 3 is 2.68 bits per heavy atom. The van der Waals surface area contributed by atoms with E-state index in [0.29, 0.717) is 42.3 Å². The maximum absolute atomic E-state index is 15.4. The Hall–Kier alpha value is -3.59. The summed E-state index contributed by atoms with van der Waals surface area (Å²) in [5.41, 5.74) is 7.49. The Morgan fingerprint density at radius 2 is 1.94 bits per heavy atom. The van der Waals surface area contributed by atoms with E-state index in [2.05, 4.69) is 15.8 Å². The van der Waals surface area contributed by atoms with Crippen LogP contribution in [0.4, 0.5) is 15.8 Å². The lowest BCUT2D eigenvalue weighted by Crippen LogP contribution is -2.45. The van der Waals surface area contributed by atoms with Crippen molar-refractivity contribution in [1.82, 2.24) is 14.9 Å². The second-order valence-electron chi connectivity index (χ2n) is 9.11. The lowest BCUT2D eigenvalue weighted by Gasteiger charge is -2.37. The van der Waals surface area contributed by atoms with Crippen LogP contribution in [0.15, 0.2) is 41.3 Å². The van der Waals surface area contributed by atoms with Crippen molar-refractivity contribution >= 4 is 28.2 Å². The van der Waals surface area contributed by atoms with Gasteiger partial charge in [-0.05, 0) is 44.7 Å². The number of carbonyl (C=O) groups excluding carboxylic acids is 1. The quantitative estimate of drug-likeness (QED) is 0.577. The lowest BCUT2D eigenvalue weighted by atomic mass is 10.0. The Kier molecular flexibility index (Phi) is 5.65. The van der Waals surface area contributed by atoms with Gasteiger partial charge in [-0.15, -0.1) is 0 Å². The monoisotopic (exact) mass is 465 g/mol. The number of aromatic nitrogens is 1. The molecule has 2 aliphatic rings. The number of pyridine rings is 1. The number of benzene rings is 2. The second kappa shape index (κ2) is 8.64. The van der Waals surface area contributed by atoms with Crippen molar-refractivity contribution in [3.05, 3.63) is 63.7 Å². The largest absolute Gasteiger partial charge is 0.487 e. The molecule has 1 fully saturated rings. The molecule has 34 heavy (non-hydrogen) atoms. The number of likely N-dealkylation sites (N-methyl/N-ethyl adjacent to an activating group) is 1. The number of piperazine rings is 1. The van der Waals surface area contributed by atoms with Gasteiger partial charge in [-0.3, -0.25) is 20.4 Å². The average molecular weight is 466 g/mol. The number of nitrogens with zero attached hydrogens (tertiary/aromatic N) is 3. The summed E-state index contributed by atoms with van der Waals surface area (Å²) in [4.78, 5) is 30.4. The number of anilines is 2. The van der Waals surface area contributed by atoms with Crippen LogP contribution in [0.25, 0.3) is 10.9 Å². The minimum Gasteiger partial charge on any atom is -0.487 e. The number of carbonyl (C=O) groups is 1. The summed E-state index contributed by atoms with van der Waals surface area (Å²) in [7, 11) is 2.04. The van der Waals surface area contributed by atoms with Gasteiger partial charge in [0.05, 0.1) is 22.6 Å². The molecule has 1 amide bonds. The Morgan fingerprint density at radius 1 is 1.18 bits per heavy atom. The third kappa shape index (κ3) is 3.86. The smallest absolute Gasteiger partial charge is 0.275 e. The zero-order chi connectivity index (χ0) is 24.0. The van der Waals surface area contributed by atoms with Crippen LogP contribution in [0, 0.1) is 12.7 Å². The molecule has 0 spiro atoms. The first kappa shape index (κ1) is 22.2. The normalized spacial score (nSPS) is 18.0. The summed E-state index contributed by atoms with van der Waals surface area (Å²) >= 11 is 0. The Labute approximate surface area is 196 Å². The number of aryl methyl sites for hydroxylation is 1. The number of halogens is 1. The molecule has 8 nitrogen and oxygen atoms in total. The molecular weight excluding hydrogens is 437 g/mol. The highest BCUT2D eigenvalue weighted by Gasteiger charge is 2.31. The maximum atomic E-state index is 15.4. The number of ether oxygens (including phenoxy) is 1. The maximum Gasteiger partial charge on any atom is 0.275 e. The van der Waals surface area contributed by atoms with Gasteiger partial charge in [-0.2, -0.15) is 0 Å². The lowest BCUT2D eigenvalue weighted by molar-refractivity contribution is 0.0960. The van der Waals surface area contributed by atoms with Crippen LogP contribution in [0.5, 0.6) is 5.75 Å². The fourth-order valence-electron chi connectivity index (χ4n) is 4.62. The first-order valence-electron chi connectivity index (χ1n) is 11.4. The zero-order valence-corrected chi connectivity index (χ0v) is 19.5. The van der Waals surface area contributed by atoms with Crippen molar-refractivity contribution in [1.29, 1.82) is 0 Å². The van der Waals surface area contributed by atoms with E-state index in [0.717, 1.165) is 18.7 Å². The Bertz CT molecular complexity index is 1330. The molecule has 0 aliphatic carbocycles. The molecule has 5 rings (SSSR count). The summed E-state index contributed by atoms with van der Waals surface area (Å²) in [6, 6.07) is 8.61. The molecule has 0 radical (unpaired) electrons. The highest BCUT2D eigenvalue weighted by Crippen LogP contribution is 2.42. The van der Waals surface area contributed by atoms with E-state index in [-0.39, 0.29) is 17.0 Å². The number of hydrogen-bond donors (Lipinski definition) is 2. The van der Waals surface area contributed by atoms with Gasteiger partial charge in [-0.25, -0.2) is 4.39 Å². The van der Waals surface area contributed by atoms with E-state index in [4.69, 9.17) is 4.74 Å². The van der Waals surface area contributed by atoms with Crippen molar-refractivity contribution in [2.75, 3.05) is 50.2 Å². The van der Waals surface area contributed by atoms with Crippen LogP contribution >= 0.6 is 0 Å². The molecule has 2 aromatic carbocycles. The molecule has 1 atom stereocenters.